The lowest BCUT2D eigenvalue weighted by Gasteiger charge is -2.21. The normalized spacial score (nSPS) is 20.2. The molecule has 2 rings (SSSR count). The van der Waals surface area contributed by atoms with Gasteiger partial charge >= 0.3 is 0 Å². The number of halogens is 2. The molecule has 0 aromatic heterocycles. The van der Waals surface area contributed by atoms with Crippen molar-refractivity contribution >= 4 is 29.1 Å². The second-order valence-electron chi connectivity index (χ2n) is 3.81. The Kier molecular flexibility index (Phi) is 4.42. The fraction of sp³-hybridized carbons (Fsp3) is 0.417. The fourth-order valence-electron chi connectivity index (χ4n) is 1.65. The molecule has 1 aromatic rings. The fourth-order valence-corrected chi connectivity index (χ4v) is 2.72. The molecule has 0 radical (unpaired) electrons. The van der Waals surface area contributed by atoms with Gasteiger partial charge in [-0.25, -0.2) is 4.39 Å². The first-order valence-electron chi connectivity index (χ1n) is 5.33. The molecule has 2 nitrogen and oxygen atoms in total. The van der Waals surface area contributed by atoms with E-state index in [4.69, 9.17) is 16.3 Å². The summed E-state index contributed by atoms with van der Waals surface area (Å²) in [5, 5.41) is 0.420. The zero-order valence-electron chi connectivity index (χ0n) is 9.12. The number of ether oxygens (including phenoxy) is 1. The topological polar surface area (TPSA) is 26.3 Å². The quantitative estimate of drug-likeness (QED) is 0.848. The highest BCUT2D eigenvalue weighted by molar-refractivity contribution is 7.99. The van der Waals surface area contributed by atoms with Crippen LogP contribution in [0.1, 0.15) is 5.56 Å². The van der Waals surface area contributed by atoms with Crippen molar-refractivity contribution in [1.82, 2.24) is 0 Å². The van der Waals surface area contributed by atoms with Gasteiger partial charge in [-0.3, -0.25) is 4.79 Å². The monoisotopic (exact) mass is 274 g/mol. The van der Waals surface area contributed by atoms with Gasteiger partial charge in [-0.05, 0) is 23.8 Å². The van der Waals surface area contributed by atoms with E-state index in [0.717, 1.165) is 5.75 Å². The van der Waals surface area contributed by atoms with Crippen molar-refractivity contribution in [3.63, 3.8) is 0 Å². The molecule has 1 aliphatic rings. The molecule has 1 unspecified atom stereocenters. The van der Waals surface area contributed by atoms with E-state index in [2.05, 4.69) is 0 Å². The van der Waals surface area contributed by atoms with E-state index in [0.29, 0.717) is 22.9 Å². The molecule has 1 aliphatic heterocycles. The van der Waals surface area contributed by atoms with Gasteiger partial charge in [0.05, 0.1) is 6.61 Å². The summed E-state index contributed by atoms with van der Waals surface area (Å²) in [6.07, 6.45) is -0.255. The van der Waals surface area contributed by atoms with Crippen molar-refractivity contribution in [3.8, 4) is 0 Å². The number of carbonyl (C=O) groups excluding carboxylic acids is 1. The number of hydrogen-bond donors (Lipinski definition) is 0. The maximum Gasteiger partial charge on any atom is 0.166 e. The molecule has 0 N–H and O–H groups in total. The van der Waals surface area contributed by atoms with Gasteiger partial charge in [0.1, 0.15) is 11.9 Å². The van der Waals surface area contributed by atoms with E-state index in [1.165, 1.54) is 18.2 Å². The molecule has 1 fully saturated rings. The van der Waals surface area contributed by atoms with E-state index < -0.39 is 0 Å². The van der Waals surface area contributed by atoms with Crippen LogP contribution in [-0.4, -0.2) is 30.0 Å². The number of rotatable bonds is 3. The van der Waals surface area contributed by atoms with Crippen LogP contribution in [0.15, 0.2) is 18.2 Å². The SMILES string of the molecule is O=C(Cc1cc(F)ccc1Cl)C1CSCCO1. The zero-order chi connectivity index (χ0) is 12.3. The molecular formula is C12H12ClFO2S. The first-order chi connectivity index (χ1) is 8.16. The van der Waals surface area contributed by atoms with Crippen LogP contribution in [-0.2, 0) is 16.0 Å². The van der Waals surface area contributed by atoms with Crippen molar-refractivity contribution in [2.45, 2.75) is 12.5 Å². The predicted molar refractivity (Wildman–Crippen MR) is 67.2 cm³/mol. The highest BCUT2D eigenvalue weighted by Crippen LogP contribution is 2.20. The predicted octanol–water partition coefficient (Wildman–Crippen LogP) is 2.72. The molecule has 17 heavy (non-hydrogen) atoms. The van der Waals surface area contributed by atoms with Gasteiger partial charge in [0.15, 0.2) is 5.78 Å². The summed E-state index contributed by atoms with van der Waals surface area (Å²) in [5.74, 6) is 1.18. The Morgan fingerprint density at radius 3 is 3.12 bits per heavy atom. The van der Waals surface area contributed by atoms with Crippen LogP contribution in [0.4, 0.5) is 4.39 Å². The van der Waals surface area contributed by atoms with Crippen molar-refractivity contribution in [2.75, 3.05) is 18.1 Å². The lowest BCUT2D eigenvalue weighted by Crippen LogP contribution is -2.32. The maximum absolute atomic E-state index is 13.0. The third-order valence-electron chi connectivity index (χ3n) is 2.55. The first-order valence-corrected chi connectivity index (χ1v) is 6.86. The maximum atomic E-state index is 13.0. The lowest BCUT2D eigenvalue weighted by molar-refractivity contribution is -0.128. The minimum atomic E-state index is -0.381. The zero-order valence-corrected chi connectivity index (χ0v) is 10.7. The standard InChI is InChI=1S/C12H12ClFO2S/c13-10-2-1-9(14)5-8(10)6-11(15)12-7-17-4-3-16-12/h1-2,5,12H,3-4,6-7H2. The molecule has 0 bridgehead atoms. The van der Waals surface area contributed by atoms with Crippen LogP contribution in [0.3, 0.4) is 0 Å². The highest BCUT2D eigenvalue weighted by Gasteiger charge is 2.23. The average Bonchev–Trinajstić information content (AvgIpc) is 2.35. The van der Waals surface area contributed by atoms with E-state index >= 15 is 0 Å². The van der Waals surface area contributed by atoms with Gasteiger partial charge < -0.3 is 4.74 Å². The molecule has 1 heterocycles. The van der Waals surface area contributed by atoms with Crippen molar-refractivity contribution in [1.29, 1.82) is 0 Å². The van der Waals surface area contributed by atoms with Gasteiger partial charge in [-0.15, -0.1) is 0 Å². The number of Topliss-reactive ketones (excluding diaryl/α,β-unsaturated/α-hetero) is 1. The van der Waals surface area contributed by atoms with Gasteiger partial charge in [-0.1, -0.05) is 11.6 Å². The van der Waals surface area contributed by atoms with Crippen LogP contribution in [0, 0.1) is 5.82 Å². The molecule has 1 atom stereocenters. The second-order valence-corrected chi connectivity index (χ2v) is 5.37. The number of thioether (sulfide) groups is 1. The molecule has 0 aliphatic carbocycles. The third kappa shape index (κ3) is 3.44. The highest BCUT2D eigenvalue weighted by atomic mass is 35.5. The summed E-state index contributed by atoms with van der Waals surface area (Å²) < 4.78 is 18.4. The molecule has 0 amide bonds. The molecule has 1 aromatic carbocycles. The Morgan fingerprint density at radius 2 is 2.41 bits per heavy atom. The minimum absolute atomic E-state index is 0.0373. The van der Waals surface area contributed by atoms with Crippen LogP contribution < -0.4 is 0 Å². The molecule has 0 spiro atoms. The van der Waals surface area contributed by atoms with E-state index in [9.17, 15) is 9.18 Å². The smallest absolute Gasteiger partial charge is 0.166 e. The van der Waals surface area contributed by atoms with Crippen molar-refractivity contribution < 1.29 is 13.9 Å². The van der Waals surface area contributed by atoms with Crippen LogP contribution in [0.5, 0.6) is 0 Å². The van der Waals surface area contributed by atoms with Crippen LogP contribution in [0.2, 0.25) is 5.02 Å². The summed E-state index contributed by atoms with van der Waals surface area (Å²) in [6.45, 7) is 0.595. The van der Waals surface area contributed by atoms with E-state index in [1.807, 2.05) is 0 Å². The molecule has 5 heteroatoms. The Labute approximate surface area is 108 Å². The van der Waals surface area contributed by atoms with Crippen molar-refractivity contribution in [2.24, 2.45) is 0 Å². The van der Waals surface area contributed by atoms with Crippen LogP contribution in [0.25, 0.3) is 0 Å². The second kappa shape index (κ2) is 5.85. The van der Waals surface area contributed by atoms with E-state index in [-0.39, 0.29) is 24.1 Å². The lowest BCUT2D eigenvalue weighted by atomic mass is 10.1. The Hall–Kier alpha value is -0.580. The largest absolute Gasteiger partial charge is 0.369 e. The molecule has 0 saturated carbocycles. The van der Waals surface area contributed by atoms with Gasteiger partial charge in [0.25, 0.3) is 0 Å². The van der Waals surface area contributed by atoms with Gasteiger partial charge in [0.2, 0.25) is 0 Å². The van der Waals surface area contributed by atoms with Gasteiger partial charge in [-0.2, -0.15) is 11.8 Å². The van der Waals surface area contributed by atoms with Crippen molar-refractivity contribution in [3.05, 3.63) is 34.6 Å². The first kappa shape index (κ1) is 12.9. The summed E-state index contributed by atoms with van der Waals surface area (Å²) >= 11 is 7.61. The van der Waals surface area contributed by atoms with Gasteiger partial charge in [0, 0.05) is 22.9 Å². The summed E-state index contributed by atoms with van der Waals surface area (Å²) in [4.78, 5) is 11.9. The summed E-state index contributed by atoms with van der Waals surface area (Å²) in [7, 11) is 0. The Morgan fingerprint density at radius 1 is 1.59 bits per heavy atom. The minimum Gasteiger partial charge on any atom is -0.369 e. The molecule has 92 valence electrons. The Balaban J connectivity index is 2.04. The summed E-state index contributed by atoms with van der Waals surface area (Å²) in [6, 6.07) is 4.05. The third-order valence-corrected chi connectivity index (χ3v) is 3.91. The number of benzene rings is 1. The Bertz CT molecular complexity index is 419. The summed E-state index contributed by atoms with van der Waals surface area (Å²) in [5.41, 5.74) is 0.524. The van der Waals surface area contributed by atoms with E-state index in [1.54, 1.807) is 11.8 Å². The number of ketones is 1. The molecule has 1 saturated heterocycles. The van der Waals surface area contributed by atoms with Crippen LogP contribution >= 0.6 is 23.4 Å². The molecular weight excluding hydrogens is 263 g/mol. The average molecular weight is 275 g/mol. The number of carbonyl (C=O) groups is 1. The number of hydrogen-bond acceptors (Lipinski definition) is 3.